The van der Waals surface area contributed by atoms with E-state index in [9.17, 15) is 4.79 Å². The van der Waals surface area contributed by atoms with E-state index in [-0.39, 0.29) is 5.97 Å². The molecule has 4 aromatic rings. The van der Waals surface area contributed by atoms with Crippen molar-refractivity contribution in [2.45, 2.75) is 5.54 Å². The molecule has 0 spiro atoms. The van der Waals surface area contributed by atoms with Crippen LogP contribution in [0.4, 0.5) is 0 Å². The van der Waals surface area contributed by atoms with E-state index >= 15 is 0 Å². The van der Waals surface area contributed by atoms with Gasteiger partial charge in [0.1, 0.15) is 5.54 Å². The topological polar surface area (TPSA) is 44.1 Å². The van der Waals surface area contributed by atoms with Crippen LogP contribution in [0.3, 0.4) is 0 Å². The molecular formula is C24H20N2O2. The third kappa shape index (κ3) is 2.89. The smallest absolute Gasteiger partial charge is 0.337 e. The Morgan fingerprint density at radius 3 is 1.82 bits per heavy atom. The molecule has 0 saturated carbocycles. The Kier molecular flexibility index (Phi) is 4.77. The molecule has 1 heterocycles. The molecule has 0 unspecified atom stereocenters. The first-order chi connectivity index (χ1) is 13.8. The van der Waals surface area contributed by atoms with Gasteiger partial charge in [-0.15, -0.1) is 0 Å². The minimum atomic E-state index is -0.617. The van der Waals surface area contributed by atoms with E-state index < -0.39 is 5.54 Å². The van der Waals surface area contributed by atoms with Gasteiger partial charge in [0, 0.05) is 12.4 Å². The summed E-state index contributed by atoms with van der Waals surface area (Å²) >= 11 is 0. The minimum Gasteiger partial charge on any atom is -0.465 e. The highest BCUT2D eigenvalue weighted by atomic mass is 16.5. The quantitative estimate of drug-likeness (QED) is 0.385. The summed E-state index contributed by atoms with van der Waals surface area (Å²) in [4.78, 5) is 16.2. The molecule has 0 aliphatic carbocycles. The summed E-state index contributed by atoms with van der Waals surface area (Å²) in [5.41, 5.74) is 3.13. The second-order valence-corrected chi connectivity index (χ2v) is 6.48. The molecule has 0 amide bonds. The van der Waals surface area contributed by atoms with Crippen LogP contribution < -0.4 is 0 Å². The van der Waals surface area contributed by atoms with Crippen molar-refractivity contribution in [3.63, 3.8) is 0 Å². The van der Waals surface area contributed by atoms with Crippen molar-refractivity contribution in [3.8, 4) is 0 Å². The zero-order valence-electron chi connectivity index (χ0n) is 15.5. The number of esters is 1. The molecular weight excluding hydrogens is 348 g/mol. The molecule has 4 heteroatoms. The minimum absolute atomic E-state index is 0.348. The molecule has 0 fully saturated rings. The van der Waals surface area contributed by atoms with Crippen molar-refractivity contribution in [2.24, 2.45) is 0 Å². The number of rotatable bonds is 5. The average molecular weight is 368 g/mol. The highest BCUT2D eigenvalue weighted by Crippen LogP contribution is 2.40. The Labute approximate surface area is 164 Å². The standard InChI is InChI=1S/C24H20N2O2/c1-28-23(27)19-12-14-22(15-13-19)24(26-17-16-25-18-26,20-8-4-2-5-9-20)21-10-6-3-7-11-21/h2-18H,1H3. The monoisotopic (exact) mass is 368 g/mol. The molecule has 0 radical (unpaired) electrons. The number of benzene rings is 3. The Morgan fingerprint density at radius 1 is 0.821 bits per heavy atom. The molecule has 3 aromatic carbocycles. The van der Waals surface area contributed by atoms with Gasteiger partial charge in [0.05, 0.1) is 19.0 Å². The Hall–Kier alpha value is -3.66. The number of carbonyl (C=O) groups is 1. The largest absolute Gasteiger partial charge is 0.465 e. The average Bonchev–Trinajstić information content (AvgIpc) is 3.31. The van der Waals surface area contributed by atoms with Crippen LogP contribution >= 0.6 is 0 Å². The van der Waals surface area contributed by atoms with Gasteiger partial charge in [-0.1, -0.05) is 72.8 Å². The summed E-state index contributed by atoms with van der Waals surface area (Å²) in [5.74, 6) is -0.348. The fourth-order valence-electron chi connectivity index (χ4n) is 3.73. The van der Waals surface area contributed by atoms with E-state index in [1.54, 1.807) is 18.3 Å². The van der Waals surface area contributed by atoms with Crippen molar-refractivity contribution in [2.75, 3.05) is 7.11 Å². The van der Waals surface area contributed by atoms with Gasteiger partial charge in [0.15, 0.2) is 0 Å². The second-order valence-electron chi connectivity index (χ2n) is 6.48. The lowest BCUT2D eigenvalue weighted by molar-refractivity contribution is 0.0600. The maximum Gasteiger partial charge on any atom is 0.337 e. The molecule has 1 aromatic heterocycles. The van der Waals surface area contributed by atoms with Crippen molar-refractivity contribution in [1.29, 1.82) is 0 Å². The van der Waals surface area contributed by atoms with E-state index in [0.29, 0.717) is 5.56 Å². The maximum atomic E-state index is 11.9. The van der Waals surface area contributed by atoms with Gasteiger partial charge in [-0.2, -0.15) is 0 Å². The van der Waals surface area contributed by atoms with Gasteiger partial charge < -0.3 is 9.30 Å². The van der Waals surface area contributed by atoms with Gasteiger partial charge in [0.25, 0.3) is 0 Å². The highest BCUT2D eigenvalue weighted by Gasteiger charge is 2.38. The predicted octanol–water partition coefficient (Wildman–Crippen LogP) is 4.51. The van der Waals surface area contributed by atoms with E-state index in [2.05, 4.69) is 33.8 Å². The van der Waals surface area contributed by atoms with Crippen LogP contribution in [-0.2, 0) is 10.3 Å². The molecule has 0 bridgehead atoms. The lowest BCUT2D eigenvalue weighted by Crippen LogP contribution is -2.37. The predicted molar refractivity (Wildman–Crippen MR) is 108 cm³/mol. The first-order valence-corrected chi connectivity index (χ1v) is 9.05. The third-order valence-corrected chi connectivity index (χ3v) is 5.00. The third-order valence-electron chi connectivity index (χ3n) is 5.00. The Balaban J connectivity index is 2.02. The van der Waals surface area contributed by atoms with Crippen molar-refractivity contribution >= 4 is 5.97 Å². The number of imidazole rings is 1. The zero-order chi connectivity index (χ0) is 19.4. The van der Waals surface area contributed by atoms with Crippen molar-refractivity contribution in [1.82, 2.24) is 9.55 Å². The van der Waals surface area contributed by atoms with Crippen LogP contribution in [0.2, 0.25) is 0 Å². The first-order valence-electron chi connectivity index (χ1n) is 9.05. The molecule has 0 saturated heterocycles. The molecule has 28 heavy (non-hydrogen) atoms. The summed E-state index contributed by atoms with van der Waals surface area (Å²) in [7, 11) is 1.39. The van der Waals surface area contributed by atoms with Gasteiger partial charge in [-0.3, -0.25) is 0 Å². The van der Waals surface area contributed by atoms with Gasteiger partial charge in [0.2, 0.25) is 0 Å². The van der Waals surface area contributed by atoms with Gasteiger partial charge in [-0.05, 0) is 28.8 Å². The van der Waals surface area contributed by atoms with Crippen LogP contribution in [0.15, 0.2) is 104 Å². The van der Waals surface area contributed by atoms with Gasteiger partial charge in [-0.25, -0.2) is 9.78 Å². The molecule has 138 valence electrons. The second kappa shape index (κ2) is 7.53. The van der Waals surface area contributed by atoms with Gasteiger partial charge >= 0.3 is 5.97 Å². The molecule has 0 atom stereocenters. The summed E-state index contributed by atoms with van der Waals surface area (Å²) in [6, 6.07) is 28.2. The normalized spacial score (nSPS) is 11.2. The van der Waals surface area contributed by atoms with E-state index in [1.165, 1.54) is 7.11 Å². The van der Waals surface area contributed by atoms with E-state index in [4.69, 9.17) is 4.74 Å². The fraction of sp³-hybridized carbons (Fsp3) is 0.0833. The maximum absolute atomic E-state index is 11.9. The summed E-state index contributed by atoms with van der Waals surface area (Å²) < 4.78 is 6.95. The summed E-state index contributed by atoms with van der Waals surface area (Å²) in [5, 5.41) is 0. The first kappa shape index (κ1) is 17.7. The molecule has 4 nitrogen and oxygen atoms in total. The SMILES string of the molecule is COC(=O)c1ccc(C(c2ccccc2)(c2ccccc2)n2ccnc2)cc1. The lowest BCUT2D eigenvalue weighted by Gasteiger charge is -2.37. The van der Waals surface area contributed by atoms with Crippen LogP contribution in [0.5, 0.6) is 0 Å². The highest BCUT2D eigenvalue weighted by molar-refractivity contribution is 5.89. The molecule has 0 aliphatic heterocycles. The zero-order valence-corrected chi connectivity index (χ0v) is 15.5. The number of hydrogen-bond acceptors (Lipinski definition) is 3. The molecule has 0 aliphatic rings. The van der Waals surface area contributed by atoms with Crippen LogP contribution in [-0.4, -0.2) is 22.6 Å². The summed E-state index contributed by atoms with van der Waals surface area (Å²) in [6.45, 7) is 0. The van der Waals surface area contributed by atoms with Crippen molar-refractivity contribution in [3.05, 3.63) is 126 Å². The fourth-order valence-corrected chi connectivity index (χ4v) is 3.73. The van der Waals surface area contributed by atoms with Crippen LogP contribution in [0.1, 0.15) is 27.0 Å². The van der Waals surface area contributed by atoms with Crippen LogP contribution in [0, 0.1) is 0 Å². The number of hydrogen-bond donors (Lipinski definition) is 0. The molecule has 4 rings (SSSR count). The Bertz CT molecular complexity index is 1000. The number of nitrogens with zero attached hydrogens (tertiary/aromatic N) is 2. The van der Waals surface area contributed by atoms with E-state index in [1.807, 2.05) is 61.1 Å². The van der Waals surface area contributed by atoms with Crippen LogP contribution in [0.25, 0.3) is 0 Å². The lowest BCUT2D eigenvalue weighted by atomic mass is 9.76. The summed E-state index contributed by atoms with van der Waals surface area (Å²) in [6.07, 6.45) is 5.58. The molecule has 0 N–H and O–H groups in total. The number of carbonyl (C=O) groups excluding carboxylic acids is 1. The van der Waals surface area contributed by atoms with E-state index in [0.717, 1.165) is 16.7 Å². The Morgan fingerprint density at radius 2 is 1.36 bits per heavy atom. The number of aromatic nitrogens is 2. The number of methoxy groups -OCH3 is 1. The van der Waals surface area contributed by atoms with Crippen molar-refractivity contribution < 1.29 is 9.53 Å². The number of ether oxygens (including phenoxy) is 1.